The SMILES string of the molecule is C#Cc1cc(NCCC(F)(F)F)c2ncc(-c3ccc(C(=O)CC4C[C@H]4F)c(C)c3)n2c1. The molecule has 0 bridgehead atoms. The van der Waals surface area contributed by atoms with E-state index in [0.29, 0.717) is 34.6 Å². The molecule has 4 nitrogen and oxygen atoms in total. The molecule has 0 spiro atoms. The minimum Gasteiger partial charge on any atom is -0.382 e. The van der Waals surface area contributed by atoms with Gasteiger partial charge in [-0.3, -0.25) is 9.20 Å². The second-order valence-electron chi connectivity index (χ2n) is 8.08. The van der Waals surface area contributed by atoms with Crippen molar-refractivity contribution < 1.29 is 22.4 Å². The van der Waals surface area contributed by atoms with Crippen LogP contribution in [0.25, 0.3) is 16.9 Å². The molecule has 32 heavy (non-hydrogen) atoms. The number of aryl methyl sites for hydroxylation is 1. The van der Waals surface area contributed by atoms with E-state index in [0.717, 1.165) is 11.1 Å². The number of nitrogens with zero attached hydrogens (tertiary/aromatic N) is 2. The molecule has 1 aliphatic carbocycles. The molecule has 3 aromatic rings. The maximum Gasteiger partial charge on any atom is 0.390 e. The zero-order chi connectivity index (χ0) is 23.0. The molecule has 1 aromatic carbocycles. The van der Waals surface area contributed by atoms with Crippen molar-refractivity contribution in [2.75, 3.05) is 11.9 Å². The zero-order valence-electron chi connectivity index (χ0n) is 17.3. The van der Waals surface area contributed by atoms with Crippen molar-refractivity contribution in [3.63, 3.8) is 0 Å². The average Bonchev–Trinajstić information content (AvgIpc) is 3.24. The number of benzene rings is 1. The minimum atomic E-state index is -4.27. The number of nitrogens with one attached hydrogen (secondary N) is 1. The van der Waals surface area contributed by atoms with E-state index in [-0.39, 0.29) is 24.7 Å². The van der Waals surface area contributed by atoms with Gasteiger partial charge in [0, 0.05) is 41.8 Å². The third-order valence-electron chi connectivity index (χ3n) is 5.60. The summed E-state index contributed by atoms with van der Waals surface area (Å²) in [6, 6.07) is 6.93. The fraction of sp³-hybridized carbons (Fsp3) is 0.333. The van der Waals surface area contributed by atoms with Gasteiger partial charge in [0.1, 0.15) is 6.17 Å². The normalized spacial score (nSPS) is 17.9. The van der Waals surface area contributed by atoms with E-state index in [9.17, 15) is 22.4 Å². The van der Waals surface area contributed by atoms with Crippen molar-refractivity contribution in [1.29, 1.82) is 0 Å². The molecule has 2 heterocycles. The van der Waals surface area contributed by atoms with Gasteiger partial charge in [0.2, 0.25) is 0 Å². The van der Waals surface area contributed by atoms with E-state index in [2.05, 4.69) is 16.2 Å². The van der Waals surface area contributed by atoms with E-state index in [1.165, 1.54) is 0 Å². The summed E-state index contributed by atoms with van der Waals surface area (Å²) < 4.78 is 52.4. The van der Waals surface area contributed by atoms with Crippen molar-refractivity contribution in [3.05, 3.63) is 53.3 Å². The van der Waals surface area contributed by atoms with Gasteiger partial charge < -0.3 is 5.32 Å². The molecule has 1 aliphatic rings. The predicted molar refractivity (Wildman–Crippen MR) is 114 cm³/mol. The van der Waals surface area contributed by atoms with Crippen LogP contribution in [0.3, 0.4) is 0 Å². The highest BCUT2D eigenvalue weighted by Crippen LogP contribution is 2.38. The van der Waals surface area contributed by atoms with Crippen LogP contribution in [0.5, 0.6) is 0 Å². The zero-order valence-corrected chi connectivity index (χ0v) is 17.3. The van der Waals surface area contributed by atoms with Crippen LogP contribution in [0, 0.1) is 25.2 Å². The number of terminal acetylenes is 1. The van der Waals surface area contributed by atoms with Crippen LogP contribution in [0.2, 0.25) is 0 Å². The first-order valence-electron chi connectivity index (χ1n) is 10.2. The molecular weight excluding hydrogens is 422 g/mol. The van der Waals surface area contributed by atoms with Crippen LogP contribution >= 0.6 is 0 Å². The minimum absolute atomic E-state index is 0.0805. The molecule has 8 heteroatoms. The number of Topliss-reactive ketones (excluding diaryl/α,β-unsaturated/α-hetero) is 1. The number of halogens is 4. The Morgan fingerprint density at radius 2 is 2.09 bits per heavy atom. The first kappa shape index (κ1) is 21.9. The Kier molecular flexibility index (Phi) is 5.68. The van der Waals surface area contributed by atoms with Gasteiger partial charge in [-0.05, 0) is 31.0 Å². The van der Waals surface area contributed by atoms with Crippen LogP contribution in [0.4, 0.5) is 23.2 Å². The van der Waals surface area contributed by atoms with Crippen LogP contribution in [0.15, 0.2) is 36.7 Å². The van der Waals surface area contributed by atoms with Gasteiger partial charge in [-0.15, -0.1) is 6.42 Å². The van der Waals surface area contributed by atoms with Gasteiger partial charge in [-0.2, -0.15) is 13.2 Å². The number of alkyl halides is 4. The number of carbonyl (C=O) groups excluding carboxylic acids is 1. The number of hydrogen-bond acceptors (Lipinski definition) is 3. The van der Waals surface area contributed by atoms with Crippen molar-refractivity contribution in [2.24, 2.45) is 5.92 Å². The molecule has 2 atom stereocenters. The third kappa shape index (κ3) is 4.62. The number of imidazole rings is 1. The smallest absolute Gasteiger partial charge is 0.382 e. The third-order valence-corrected chi connectivity index (χ3v) is 5.60. The van der Waals surface area contributed by atoms with Gasteiger partial charge in [0.25, 0.3) is 0 Å². The summed E-state index contributed by atoms with van der Waals surface area (Å²) in [5, 5.41) is 2.77. The number of rotatable bonds is 7. The van der Waals surface area contributed by atoms with E-state index in [4.69, 9.17) is 6.42 Å². The molecule has 1 fully saturated rings. The molecule has 4 rings (SSSR count). The Balaban J connectivity index is 1.64. The van der Waals surface area contributed by atoms with Gasteiger partial charge in [-0.25, -0.2) is 9.37 Å². The number of hydrogen-bond donors (Lipinski definition) is 1. The standard InChI is InChI=1S/C24H21F4N3O/c1-3-15-9-20(29-7-6-24(26,27)28)23-30-12-21(31(23)13-15)16-4-5-18(14(2)8-16)22(32)11-17-10-19(17)25/h1,4-5,8-9,12-13,17,19,29H,6-7,10-11H2,2H3/t17?,19-/m1/s1. The van der Waals surface area contributed by atoms with Crippen molar-refractivity contribution in [2.45, 2.75) is 38.5 Å². The molecule has 0 saturated heterocycles. The molecule has 0 radical (unpaired) electrons. The Bertz CT molecular complexity index is 1220. The predicted octanol–water partition coefficient (Wildman–Crippen LogP) is 5.59. The fourth-order valence-corrected chi connectivity index (χ4v) is 3.75. The van der Waals surface area contributed by atoms with Crippen molar-refractivity contribution >= 4 is 17.1 Å². The van der Waals surface area contributed by atoms with Gasteiger partial charge in [0.05, 0.1) is 24.0 Å². The monoisotopic (exact) mass is 443 g/mol. The Labute approximate surface area is 182 Å². The Hall–Kier alpha value is -3.34. The summed E-state index contributed by atoms with van der Waals surface area (Å²) in [7, 11) is 0. The maximum absolute atomic E-state index is 13.1. The summed E-state index contributed by atoms with van der Waals surface area (Å²) in [6.45, 7) is 1.52. The number of aromatic nitrogens is 2. The van der Waals surface area contributed by atoms with E-state index in [1.807, 2.05) is 13.0 Å². The van der Waals surface area contributed by atoms with E-state index >= 15 is 0 Å². The largest absolute Gasteiger partial charge is 0.390 e. The Morgan fingerprint density at radius 3 is 2.72 bits per heavy atom. The quantitative estimate of drug-likeness (QED) is 0.294. The highest BCUT2D eigenvalue weighted by Gasteiger charge is 2.39. The van der Waals surface area contributed by atoms with Gasteiger partial charge in [0.15, 0.2) is 11.4 Å². The maximum atomic E-state index is 13.1. The molecule has 1 N–H and O–H groups in total. The number of pyridine rings is 1. The summed E-state index contributed by atoms with van der Waals surface area (Å²) in [6.07, 6.45) is 3.37. The summed E-state index contributed by atoms with van der Waals surface area (Å²) in [5.74, 6) is 2.26. The highest BCUT2D eigenvalue weighted by molar-refractivity contribution is 5.98. The van der Waals surface area contributed by atoms with Gasteiger partial charge in [-0.1, -0.05) is 18.1 Å². The average molecular weight is 443 g/mol. The molecule has 0 aliphatic heterocycles. The van der Waals surface area contributed by atoms with E-state index in [1.54, 1.807) is 35.0 Å². The number of fused-ring (bicyclic) bond motifs is 1. The number of ketones is 1. The highest BCUT2D eigenvalue weighted by atomic mass is 19.4. The second-order valence-corrected chi connectivity index (χ2v) is 8.08. The van der Waals surface area contributed by atoms with Crippen molar-refractivity contribution in [3.8, 4) is 23.6 Å². The van der Waals surface area contributed by atoms with Crippen LogP contribution in [0.1, 0.15) is 40.7 Å². The molecule has 0 amide bonds. The summed E-state index contributed by atoms with van der Waals surface area (Å²) in [4.78, 5) is 16.8. The van der Waals surface area contributed by atoms with Crippen LogP contribution in [-0.2, 0) is 0 Å². The van der Waals surface area contributed by atoms with Crippen LogP contribution < -0.4 is 5.32 Å². The lowest BCUT2D eigenvalue weighted by atomic mass is 9.98. The number of carbonyl (C=O) groups is 1. The van der Waals surface area contributed by atoms with Crippen molar-refractivity contribution in [1.82, 2.24) is 9.38 Å². The van der Waals surface area contributed by atoms with Gasteiger partial charge >= 0.3 is 6.18 Å². The fourth-order valence-electron chi connectivity index (χ4n) is 3.75. The first-order chi connectivity index (χ1) is 15.2. The second kappa shape index (κ2) is 8.30. The lowest BCUT2D eigenvalue weighted by Crippen LogP contribution is -2.15. The summed E-state index contributed by atoms with van der Waals surface area (Å²) in [5.41, 5.74) is 4.11. The molecule has 2 aromatic heterocycles. The molecular formula is C24H21F4N3O. The molecule has 1 saturated carbocycles. The Morgan fingerprint density at radius 1 is 1.34 bits per heavy atom. The van der Waals surface area contributed by atoms with Crippen LogP contribution in [-0.4, -0.2) is 34.1 Å². The molecule has 166 valence electrons. The summed E-state index contributed by atoms with van der Waals surface area (Å²) >= 11 is 0. The molecule has 1 unspecified atom stereocenters. The number of anilines is 1. The topological polar surface area (TPSA) is 46.4 Å². The first-order valence-corrected chi connectivity index (χ1v) is 10.2. The lowest BCUT2D eigenvalue weighted by Gasteiger charge is -2.12. The lowest BCUT2D eigenvalue weighted by molar-refractivity contribution is -0.131. The van der Waals surface area contributed by atoms with E-state index < -0.39 is 18.8 Å².